The molecule has 1 rings (SSSR count). The average Bonchev–Trinajstić information content (AvgIpc) is 2.13. The van der Waals surface area contributed by atoms with Gasteiger partial charge in [-0.05, 0) is 18.4 Å². The number of hydrogen-bond acceptors (Lipinski definition) is 3. The first kappa shape index (κ1) is 15.4. The van der Waals surface area contributed by atoms with Crippen molar-refractivity contribution in [2.45, 2.75) is 58.3 Å². The Balaban J connectivity index is 3.03. The van der Waals surface area contributed by atoms with Crippen LogP contribution in [0.4, 0.5) is 0 Å². The highest BCUT2D eigenvalue weighted by Crippen LogP contribution is 2.45. The van der Waals surface area contributed by atoms with Crippen LogP contribution in [0, 0.1) is 5.92 Å². The number of carbonyl (C=O) groups is 2. The monoisotopic (exact) mass is 271 g/mol. The van der Waals surface area contributed by atoms with Crippen LogP contribution in [0.3, 0.4) is 0 Å². The molecule has 1 fully saturated rings. The van der Waals surface area contributed by atoms with Crippen LogP contribution in [0.25, 0.3) is 0 Å². The van der Waals surface area contributed by atoms with Gasteiger partial charge in [-0.15, -0.1) is 0 Å². The molecule has 104 valence electrons. The van der Waals surface area contributed by atoms with Crippen LogP contribution in [-0.4, -0.2) is 42.2 Å². The molecule has 0 aromatic rings. The highest BCUT2D eigenvalue weighted by Gasteiger charge is 2.58. The van der Waals surface area contributed by atoms with Gasteiger partial charge in [0.25, 0.3) is 0 Å². The van der Waals surface area contributed by atoms with E-state index in [0.717, 1.165) is 0 Å². The van der Waals surface area contributed by atoms with E-state index in [4.69, 9.17) is 5.11 Å². The highest BCUT2D eigenvalue weighted by atomic mass is 28.3. The maximum atomic E-state index is 12.2. The van der Waals surface area contributed by atoms with E-state index in [2.05, 4.69) is 33.9 Å². The van der Waals surface area contributed by atoms with Crippen LogP contribution < -0.4 is 0 Å². The summed E-state index contributed by atoms with van der Waals surface area (Å²) >= 11 is 0. The molecule has 18 heavy (non-hydrogen) atoms. The Kier molecular flexibility index (Phi) is 4.08. The summed E-state index contributed by atoms with van der Waals surface area (Å²) in [6.45, 7) is 12.2. The zero-order valence-corrected chi connectivity index (χ0v) is 13.3. The lowest BCUT2D eigenvalue weighted by molar-refractivity contribution is -0.154. The fraction of sp³-hybridized carbons (Fsp3) is 0.846. The molecule has 1 aliphatic heterocycles. The third-order valence-electron chi connectivity index (χ3n) is 4.52. The Morgan fingerprint density at radius 3 is 2.22 bits per heavy atom. The maximum Gasteiger partial charge on any atom is 0.227 e. The van der Waals surface area contributed by atoms with E-state index >= 15 is 0 Å². The minimum absolute atomic E-state index is 0.0207. The lowest BCUT2D eigenvalue weighted by Crippen LogP contribution is -2.74. The molecule has 0 aromatic heterocycles. The summed E-state index contributed by atoms with van der Waals surface area (Å²) in [6, 6.07) is -0.0964. The Bertz CT molecular complexity index is 360. The van der Waals surface area contributed by atoms with Gasteiger partial charge in [0.15, 0.2) is 8.24 Å². The second-order valence-electron chi connectivity index (χ2n) is 6.69. The van der Waals surface area contributed by atoms with E-state index in [-0.39, 0.29) is 29.4 Å². The van der Waals surface area contributed by atoms with Crippen molar-refractivity contribution in [3.63, 3.8) is 0 Å². The average molecular weight is 271 g/mol. The summed E-state index contributed by atoms with van der Waals surface area (Å²) in [5, 5.41) is 9.19. The van der Waals surface area contributed by atoms with Gasteiger partial charge in [-0.3, -0.25) is 9.59 Å². The van der Waals surface area contributed by atoms with Crippen molar-refractivity contribution in [2.24, 2.45) is 5.92 Å². The molecule has 2 unspecified atom stereocenters. The summed E-state index contributed by atoms with van der Waals surface area (Å²) in [4.78, 5) is 23.8. The largest absolute Gasteiger partial charge is 0.396 e. The van der Waals surface area contributed by atoms with Crippen LogP contribution in [0.5, 0.6) is 0 Å². The van der Waals surface area contributed by atoms with Crippen LogP contribution >= 0.6 is 0 Å². The molecule has 0 spiro atoms. The van der Waals surface area contributed by atoms with E-state index < -0.39 is 14.2 Å². The molecule has 0 aliphatic carbocycles. The lowest BCUT2D eigenvalue weighted by atomic mass is 9.85. The molecular formula is C13H25NO3Si. The number of hydrogen-bond donors (Lipinski definition) is 1. The summed E-state index contributed by atoms with van der Waals surface area (Å²) in [6.07, 6.45) is 0.502. The second-order valence-corrected chi connectivity index (χ2v) is 11.8. The normalized spacial score (nSPS) is 25.1. The van der Waals surface area contributed by atoms with E-state index in [9.17, 15) is 9.59 Å². The van der Waals surface area contributed by atoms with Gasteiger partial charge in [-0.1, -0.05) is 33.9 Å². The molecular weight excluding hydrogens is 246 g/mol. The Morgan fingerprint density at radius 1 is 1.39 bits per heavy atom. The molecule has 4 nitrogen and oxygen atoms in total. The minimum atomic E-state index is -1.95. The standard InChI is InChI=1S/C13H25NO3Si/c1-9(16)11-10(7-8-15)14(12(11)17)18(5,6)13(2,3)4/h10-11,15H,7-8H2,1-6H3. The van der Waals surface area contributed by atoms with Gasteiger partial charge in [0.1, 0.15) is 11.7 Å². The van der Waals surface area contributed by atoms with Crippen molar-refractivity contribution in [3.8, 4) is 0 Å². The quantitative estimate of drug-likeness (QED) is 0.482. The van der Waals surface area contributed by atoms with Gasteiger partial charge < -0.3 is 9.67 Å². The van der Waals surface area contributed by atoms with Crippen molar-refractivity contribution >= 4 is 19.9 Å². The number of β-lactam (4-membered cyclic amide) rings is 1. The van der Waals surface area contributed by atoms with Crippen LogP contribution in [0.1, 0.15) is 34.1 Å². The fourth-order valence-electron chi connectivity index (χ4n) is 2.47. The first-order chi connectivity index (χ1) is 8.05. The summed E-state index contributed by atoms with van der Waals surface area (Å²) in [7, 11) is -1.95. The van der Waals surface area contributed by atoms with E-state index in [1.54, 1.807) is 0 Å². The van der Waals surface area contributed by atoms with Crippen molar-refractivity contribution in [1.82, 2.24) is 4.57 Å². The molecule has 1 saturated heterocycles. The number of ketones is 1. The highest BCUT2D eigenvalue weighted by molar-refractivity contribution is 6.80. The van der Waals surface area contributed by atoms with Crippen LogP contribution in [0.2, 0.25) is 18.1 Å². The van der Waals surface area contributed by atoms with Gasteiger partial charge in [-0.25, -0.2) is 0 Å². The number of rotatable bonds is 4. The van der Waals surface area contributed by atoms with Gasteiger partial charge in [0, 0.05) is 12.6 Å². The molecule has 1 aliphatic rings. The first-order valence-electron chi connectivity index (χ1n) is 6.50. The van der Waals surface area contributed by atoms with Crippen LogP contribution in [-0.2, 0) is 9.59 Å². The van der Waals surface area contributed by atoms with Gasteiger partial charge in [0.05, 0.1) is 0 Å². The first-order valence-corrected chi connectivity index (χ1v) is 9.45. The second kappa shape index (κ2) is 4.77. The zero-order chi connectivity index (χ0) is 14.3. The summed E-state index contributed by atoms with van der Waals surface area (Å²) in [5.41, 5.74) is 0. The molecule has 0 radical (unpaired) electrons. The third kappa shape index (κ3) is 2.25. The van der Waals surface area contributed by atoms with Gasteiger partial charge >= 0.3 is 0 Å². The zero-order valence-electron chi connectivity index (χ0n) is 12.3. The Hall–Kier alpha value is -0.683. The van der Waals surface area contributed by atoms with Crippen LogP contribution in [0.15, 0.2) is 0 Å². The van der Waals surface area contributed by atoms with Crippen molar-refractivity contribution in [1.29, 1.82) is 0 Å². The predicted molar refractivity (Wildman–Crippen MR) is 73.7 cm³/mol. The number of aliphatic hydroxyl groups is 1. The molecule has 0 bridgehead atoms. The third-order valence-corrected chi connectivity index (χ3v) is 9.95. The molecule has 0 saturated carbocycles. The van der Waals surface area contributed by atoms with E-state index in [0.29, 0.717) is 6.42 Å². The van der Waals surface area contributed by atoms with Crippen molar-refractivity contribution < 1.29 is 14.7 Å². The van der Waals surface area contributed by atoms with Crippen molar-refractivity contribution in [2.75, 3.05) is 6.61 Å². The number of aliphatic hydroxyl groups excluding tert-OH is 1. The smallest absolute Gasteiger partial charge is 0.227 e. The Morgan fingerprint density at radius 2 is 1.89 bits per heavy atom. The van der Waals surface area contributed by atoms with Crippen molar-refractivity contribution in [3.05, 3.63) is 0 Å². The summed E-state index contributed by atoms with van der Waals surface area (Å²) < 4.78 is 1.93. The van der Waals surface area contributed by atoms with E-state index in [1.807, 2.05) is 4.57 Å². The molecule has 2 atom stereocenters. The SMILES string of the molecule is CC(=O)C1C(=O)N([Si](C)(C)C(C)(C)C)C1CCO. The predicted octanol–water partition coefficient (Wildman–Crippen LogP) is 1.79. The molecule has 1 amide bonds. The lowest BCUT2D eigenvalue weighted by Gasteiger charge is -2.58. The minimum Gasteiger partial charge on any atom is -0.396 e. The molecule has 1 heterocycles. The number of carbonyl (C=O) groups excluding carboxylic acids is 2. The molecule has 1 N–H and O–H groups in total. The molecule has 5 heteroatoms. The summed E-state index contributed by atoms with van der Waals surface area (Å²) in [5.74, 6) is -0.632. The number of amides is 1. The maximum absolute atomic E-state index is 12.2. The topological polar surface area (TPSA) is 57.6 Å². The fourth-order valence-corrected chi connectivity index (χ4v) is 4.99. The number of nitrogens with zero attached hydrogens (tertiary/aromatic N) is 1. The van der Waals surface area contributed by atoms with E-state index in [1.165, 1.54) is 6.92 Å². The molecule has 0 aromatic carbocycles. The Labute approximate surface area is 110 Å². The number of Topliss-reactive ketones (excluding diaryl/α,β-unsaturated/α-hetero) is 1. The van der Waals surface area contributed by atoms with Gasteiger partial charge in [-0.2, -0.15) is 0 Å². The van der Waals surface area contributed by atoms with Gasteiger partial charge in [0.2, 0.25) is 5.91 Å².